The first kappa shape index (κ1) is 29.9. The van der Waals surface area contributed by atoms with E-state index in [1.54, 1.807) is 0 Å². The number of para-hydroxylation sites is 1. The number of aryl methyl sites for hydroxylation is 1. The molecule has 0 aliphatic heterocycles. The molecule has 2 aliphatic rings. The van der Waals surface area contributed by atoms with E-state index in [-0.39, 0.29) is 0 Å². The normalized spacial score (nSPS) is 13.3. The zero-order valence-corrected chi connectivity index (χ0v) is 29.2. The van der Waals surface area contributed by atoms with Gasteiger partial charge >= 0.3 is 0 Å². The molecule has 9 aromatic rings. The Morgan fingerprint density at radius 1 is 0.528 bits per heavy atom. The fourth-order valence-corrected chi connectivity index (χ4v) is 8.87. The number of nitrogens with zero attached hydrogens (tertiary/aromatic N) is 2. The third kappa shape index (κ3) is 4.61. The molecule has 0 unspecified atom stereocenters. The summed E-state index contributed by atoms with van der Waals surface area (Å²) in [5.74, 6) is 7.04. The van der Waals surface area contributed by atoms with Gasteiger partial charge in [0.2, 0.25) is 0 Å². The molecule has 0 saturated heterocycles. The lowest BCUT2D eigenvalue weighted by Gasteiger charge is -2.18. The molecule has 0 fully saturated rings. The topological polar surface area (TPSA) is 9.86 Å². The number of hydrogen-bond acceptors (Lipinski definition) is 0. The van der Waals surface area contributed by atoms with Gasteiger partial charge in [-0.2, -0.15) is 0 Å². The quantitative estimate of drug-likeness (QED) is 0.164. The van der Waals surface area contributed by atoms with Crippen LogP contribution >= 0.6 is 0 Å². The average Bonchev–Trinajstić information content (AvgIpc) is 3.60. The summed E-state index contributed by atoms with van der Waals surface area (Å²) >= 11 is 0. The summed E-state index contributed by atoms with van der Waals surface area (Å²) in [5.41, 5.74) is 15.8. The summed E-state index contributed by atoms with van der Waals surface area (Å²) in [6, 6.07) is 53.5. The van der Waals surface area contributed by atoms with Crippen LogP contribution in [0.25, 0.3) is 89.3 Å². The Labute approximate surface area is 308 Å². The molecule has 2 heterocycles. The van der Waals surface area contributed by atoms with Crippen molar-refractivity contribution < 1.29 is 0 Å². The van der Waals surface area contributed by atoms with Gasteiger partial charge < -0.3 is 9.13 Å². The number of benzene rings is 7. The van der Waals surface area contributed by atoms with Gasteiger partial charge in [0.1, 0.15) is 5.69 Å². The van der Waals surface area contributed by atoms with E-state index in [4.69, 9.17) is 0 Å². The van der Waals surface area contributed by atoms with Crippen molar-refractivity contribution in [2.45, 2.75) is 19.3 Å². The Balaban J connectivity index is 1.16. The number of hydrogen-bond donors (Lipinski definition) is 0. The van der Waals surface area contributed by atoms with Crippen molar-refractivity contribution in [2.24, 2.45) is 0 Å². The van der Waals surface area contributed by atoms with Crippen LogP contribution in [-0.4, -0.2) is 9.13 Å². The molecule has 0 atom stereocenters. The van der Waals surface area contributed by atoms with E-state index in [0.29, 0.717) is 0 Å². The summed E-state index contributed by atoms with van der Waals surface area (Å²) in [4.78, 5) is 0. The molecule has 2 aliphatic carbocycles. The Morgan fingerprint density at radius 2 is 1.30 bits per heavy atom. The maximum Gasteiger partial charge on any atom is 0.105 e. The van der Waals surface area contributed by atoms with Gasteiger partial charge in [0.25, 0.3) is 0 Å². The highest BCUT2D eigenvalue weighted by Crippen LogP contribution is 2.42. The Bertz CT molecular complexity index is 3070. The van der Waals surface area contributed by atoms with Crippen LogP contribution < -0.4 is 0 Å². The summed E-state index contributed by atoms with van der Waals surface area (Å²) in [6.45, 7) is 0. The number of aromatic nitrogens is 2. The zero-order valence-electron chi connectivity index (χ0n) is 29.2. The van der Waals surface area contributed by atoms with Crippen LogP contribution in [0.1, 0.15) is 35.2 Å². The molecule has 2 aromatic heterocycles. The summed E-state index contributed by atoms with van der Waals surface area (Å²) < 4.78 is 4.84. The van der Waals surface area contributed by atoms with Crippen LogP contribution in [0.5, 0.6) is 0 Å². The fraction of sp³-hybridized carbons (Fsp3) is 0.0588. The minimum absolute atomic E-state index is 0.748. The van der Waals surface area contributed by atoms with Crippen LogP contribution in [-0.2, 0) is 6.42 Å². The molecule has 0 N–H and O–H groups in total. The van der Waals surface area contributed by atoms with Crippen LogP contribution in [0.2, 0.25) is 0 Å². The highest BCUT2D eigenvalue weighted by atomic mass is 15.0. The van der Waals surface area contributed by atoms with E-state index >= 15 is 0 Å². The van der Waals surface area contributed by atoms with E-state index in [1.165, 1.54) is 88.1 Å². The molecular formula is C51H34N2. The number of allylic oxidation sites excluding steroid dienone is 2. The Hall–Kier alpha value is -6.82. The van der Waals surface area contributed by atoms with Crippen molar-refractivity contribution >= 4 is 55.6 Å². The molecule has 11 rings (SSSR count). The summed E-state index contributed by atoms with van der Waals surface area (Å²) in [7, 11) is 0. The van der Waals surface area contributed by atoms with Crippen molar-refractivity contribution in [3.05, 3.63) is 180 Å². The molecule has 0 radical (unpaired) electrons. The number of rotatable bonds is 4. The van der Waals surface area contributed by atoms with Crippen molar-refractivity contribution in [2.75, 3.05) is 0 Å². The first-order valence-electron chi connectivity index (χ1n) is 18.6. The maximum atomic E-state index is 3.60. The lowest BCUT2D eigenvalue weighted by Crippen LogP contribution is -2.03. The van der Waals surface area contributed by atoms with Crippen LogP contribution in [0, 0.1) is 11.8 Å². The predicted octanol–water partition coefficient (Wildman–Crippen LogP) is 12.9. The van der Waals surface area contributed by atoms with E-state index in [9.17, 15) is 0 Å². The summed E-state index contributed by atoms with van der Waals surface area (Å²) in [5, 5.41) is 6.36. The molecule has 248 valence electrons. The monoisotopic (exact) mass is 674 g/mol. The second-order valence-corrected chi connectivity index (χ2v) is 14.2. The molecule has 0 bridgehead atoms. The van der Waals surface area contributed by atoms with Crippen LogP contribution in [0.4, 0.5) is 0 Å². The lowest BCUT2D eigenvalue weighted by atomic mass is 9.91. The molecule has 53 heavy (non-hydrogen) atoms. The first-order chi connectivity index (χ1) is 26.3. The standard InChI is InChI=1S/C51H34N2/c1-4-14-34(15-5-1)41-22-13-25-49-51(41)44-33-38(29-31-47(44)52(49)39-18-6-2-7-19-39)37-28-30-46-43(32-37)42-21-8-3-9-23-45(42)53(46)48-24-12-17-36-27-26-35-16-10-11-20-40(35)50(36)48/h1-2,4-8,10,12-19,21-22,24-33H,3,11,20H2. The molecule has 2 nitrogen and oxygen atoms in total. The highest BCUT2D eigenvalue weighted by Gasteiger charge is 2.22. The second-order valence-electron chi connectivity index (χ2n) is 14.2. The van der Waals surface area contributed by atoms with E-state index in [0.717, 1.165) is 30.6 Å². The van der Waals surface area contributed by atoms with E-state index < -0.39 is 0 Å². The third-order valence-corrected chi connectivity index (χ3v) is 11.2. The Morgan fingerprint density at radius 3 is 2.15 bits per heavy atom. The van der Waals surface area contributed by atoms with Gasteiger partial charge in [0.05, 0.1) is 22.2 Å². The molecule has 2 heteroatoms. The zero-order chi connectivity index (χ0) is 34.9. The molecule has 7 aromatic carbocycles. The maximum absolute atomic E-state index is 3.60. The lowest BCUT2D eigenvalue weighted by molar-refractivity contribution is 0.993. The molecule has 0 saturated carbocycles. The summed E-state index contributed by atoms with van der Waals surface area (Å²) in [6.07, 6.45) is 11.9. The van der Waals surface area contributed by atoms with E-state index in [1.807, 2.05) is 0 Å². The average molecular weight is 675 g/mol. The predicted molar refractivity (Wildman–Crippen MR) is 224 cm³/mol. The van der Waals surface area contributed by atoms with Crippen LogP contribution in [0.15, 0.2) is 158 Å². The molecular weight excluding hydrogens is 641 g/mol. The van der Waals surface area contributed by atoms with Gasteiger partial charge in [0.15, 0.2) is 0 Å². The van der Waals surface area contributed by atoms with Crippen molar-refractivity contribution in [3.63, 3.8) is 0 Å². The second kappa shape index (κ2) is 11.9. The van der Waals surface area contributed by atoms with Gasteiger partial charge in [-0.25, -0.2) is 0 Å². The minimum atomic E-state index is 0.748. The van der Waals surface area contributed by atoms with Gasteiger partial charge in [-0.05, 0) is 106 Å². The van der Waals surface area contributed by atoms with Crippen LogP contribution in [0.3, 0.4) is 0 Å². The van der Waals surface area contributed by atoms with Gasteiger partial charge in [0, 0.05) is 39.2 Å². The van der Waals surface area contributed by atoms with Crippen molar-refractivity contribution in [1.29, 1.82) is 0 Å². The molecule has 0 spiro atoms. The van der Waals surface area contributed by atoms with Gasteiger partial charge in [-0.15, -0.1) is 0 Å². The smallest absolute Gasteiger partial charge is 0.105 e. The van der Waals surface area contributed by atoms with Crippen molar-refractivity contribution in [1.82, 2.24) is 9.13 Å². The highest BCUT2D eigenvalue weighted by molar-refractivity contribution is 6.16. The SMILES string of the molecule is C1#Cc2c(c3cc(-c4ccc5c(c4)c4c(-c6ccccc6)cccc4n5-c4ccccc4)ccc3n2-c2cccc3ccc4c(c23)CCC=C4)C=CC1. The third-order valence-electron chi connectivity index (χ3n) is 11.2. The molecule has 0 amide bonds. The first-order valence-corrected chi connectivity index (χ1v) is 18.6. The van der Waals surface area contributed by atoms with Gasteiger partial charge in [-0.3, -0.25) is 0 Å². The van der Waals surface area contributed by atoms with E-state index in [2.05, 4.69) is 191 Å². The fourth-order valence-electron chi connectivity index (χ4n) is 8.87. The Kier molecular flexibility index (Phi) is 6.69. The van der Waals surface area contributed by atoms with Gasteiger partial charge in [-0.1, -0.05) is 127 Å². The number of fused-ring (bicyclic) bond motifs is 9. The van der Waals surface area contributed by atoms with Crippen molar-refractivity contribution in [3.8, 4) is 45.5 Å². The largest absolute Gasteiger partial charge is 0.309 e. The minimum Gasteiger partial charge on any atom is -0.309 e.